The van der Waals surface area contributed by atoms with Crippen molar-refractivity contribution >= 4 is 11.6 Å². The number of ether oxygens (including phenoxy) is 1. The maximum absolute atomic E-state index is 12.9. The molecule has 0 bridgehead atoms. The molecule has 4 nitrogen and oxygen atoms in total. The number of unbranched alkanes of at least 4 members (excludes halogenated alkanes) is 2. The van der Waals surface area contributed by atoms with E-state index in [1.54, 1.807) is 0 Å². The summed E-state index contributed by atoms with van der Waals surface area (Å²) in [6.45, 7) is 5.48. The van der Waals surface area contributed by atoms with E-state index in [0.717, 1.165) is 31.4 Å². The van der Waals surface area contributed by atoms with Gasteiger partial charge in [-0.15, -0.1) is 0 Å². The van der Waals surface area contributed by atoms with Crippen molar-refractivity contribution in [1.82, 2.24) is 5.32 Å². The van der Waals surface area contributed by atoms with Crippen LogP contribution in [0.4, 0.5) is 5.69 Å². The Bertz CT molecular complexity index is 643. The average molecular weight is 340 g/mol. The van der Waals surface area contributed by atoms with Gasteiger partial charge in [0.15, 0.2) is 0 Å². The van der Waals surface area contributed by atoms with Gasteiger partial charge in [0.25, 0.3) is 0 Å². The standard InChI is InChI=1S/C21H28N2O2/c1-3-5-11-16-22-20(17-12-7-6-8-13-17)21(24)23-18-14-9-10-15-19(18)25-4-2/h6-10,12-15,20,22H,3-5,11,16H2,1-2H3,(H,23,24)/t20-/m0/s1. The Morgan fingerprint density at radius 1 is 1.00 bits per heavy atom. The minimum atomic E-state index is -0.382. The van der Waals surface area contributed by atoms with Crippen molar-refractivity contribution < 1.29 is 9.53 Å². The topological polar surface area (TPSA) is 50.4 Å². The molecule has 2 aromatic rings. The van der Waals surface area contributed by atoms with Crippen molar-refractivity contribution in [3.63, 3.8) is 0 Å². The highest BCUT2D eigenvalue weighted by Crippen LogP contribution is 2.25. The van der Waals surface area contributed by atoms with E-state index < -0.39 is 0 Å². The first-order chi connectivity index (χ1) is 12.3. The van der Waals surface area contributed by atoms with E-state index in [4.69, 9.17) is 4.74 Å². The van der Waals surface area contributed by atoms with Crippen LogP contribution in [0.1, 0.15) is 44.7 Å². The molecule has 134 valence electrons. The van der Waals surface area contributed by atoms with Crippen LogP contribution in [0.2, 0.25) is 0 Å². The molecule has 0 aliphatic rings. The number of amides is 1. The van der Waals surface area contributed by atoms with Gasteiger partial charge >= 0.3 is 0 Å². The summed E-state index contributed by atoms with van der Waals surface area (Å²) in [6.07, 6.45) is 3.37. The van der Waals surface area contributed by atoms with E-state index in [-0.39, 0.29) is 11.9 Å². The van der Waals surface area contributed by atoms with Gasteiger partial charge in [0.1, 0.15) is 11.8 Å². The Kier molecular flexibility index (Phi) is 7.99. The zero-order valence-corrected chi connectivity index (χ0v) is 15.1. The maximum Gasteiger partial charge on any atom is 0.246 e. The van der Waals surface area contributed by atoms with Crippen molar-refractivity contribution in [2.45, 2.75) is 39.2 Å². The maximum atomic E-state index is 12.9. The normalized spacial score (nSPS) is 11.8. The first-order valence-electron chi connectivity index (χ1n) is 9.07. The predicted molar refractivity (Wildman–Crippen MR) is 103 cm³/mol. The number of benzene rings is 2. The molecule has 0 saturated heterocycles. The molecule has 0 saturated carbocycles. The number of carbonyl (C=O) groups is 1. The molecule has 0 aromatic heterocycles. The number of nitrogens with one attached hydrogen (secondary N) is 2. The van der Waals surface area contributed by atoms with Gasteiger partial charge in [-0.2, -0.15) is 0 Å². The molecule has 2 aromatic carbocycles. The number of hydrogen-bond acceptors (Lipinski definition) is 3. The van der Waals surface area contributed by atoms with Gasteiger partial charge in [-0.3, -0.25) is 4.79 Å². The lowest BCUT2D eigenvalue weighted by Crippen LogP contribution is -2.33. The number of hydrogen-bond donors (Lipinski definition) is 2. The molecule has 0 aliphatic heterocycles. The highest BCUT2D eigenvalue weighted by atomic mass is 16.5. The molecule has 25 heavy (non-hydrogen) atoms. The summed E-state index contributed by atoms with van der Waals surface area (Å²) >= 11 is 0. The van der Waals surface area contributed by atoms with Crippen LogP contribution in [0.3, 0.4) is 0 Å². The molecule has 0 fully saturated rings. The minimum absolute atomic E-state index is 0.0742. The van der Waals surface area contributed by atoms with Crippen LogP contribution in [0.15, 0.2) is 54.6 Å². The molecule has 0 radical (unpaired) electrons. The Balaban J connectivity index is 2.12. The second kappa shape index (κ2) is 10.5. The van der Waals surface area contributed by atoms with Gasteiger partial charge in [-0.05, 0) is 37.6 Å². The zero-order valence-electron chi connectivity index (χ0n) is 15.1. The van der Waals surface area contributed by atoms with Gasteiger partial charge in [0, 0.05) is 0 Å². The van der Waals surface area contributed by atoms with E-state index in [0.29, 0.717) is 18.0 Å². The van der Waals surface area contributed by atoms with E-state index in [2.05, 4.69) is 17.6 Å². The van der Waals surface area contributed by atoms with Crippen LogP contribution in [0.25, 0.3) is 0 Å². The quantitative estimate of drug-likeness (QED) is 0.624. The summed E-state index contributed by atoms with van der Waals surface area (Å²) in [5, 5.41) is 6.40. The second-order valence-electron chi connectivity index (χ2n) is 5.92. The van der Waals surface area contributed by atoms with E-state index in [9.17, 15) is 4.79 Å². The molecule has 0 spiro atoms. The molecule has 0 unspecified atom stereocenters. The molecular formula is C21H28N2O2. The number of rotatable bonds is 10. The molecule has 2 N–H and O–H groups in total. The molecule has 1 amide bonds. The third-order valence-corrected chi connectivity index (χ3v) is 3.97. The largest absolute Gasteiger partial charge is 0.492 e. The Labute approximate surface area is 150 Å². The zero-order chi connectivity index (χ0) is 17.9. The smallest absolute Gasteiger partial charge is 0.246 e. The van der Waals surface area contributed by atoms with Crippen molar-refractivity contribution in [3.05, 3.63) is 60.2 Å². The second-order valence-corrected chi connectivity index (χ2v) is 5.92. The summed E-state index contributed by atoms with van der Waals surface area (Å²) in [5.41, 5.74) is 1.66. The number of para-hydroxylation sites is 2. The first-order valence-corrected chi connectivity index (χ1v) is 9.07. The molecule has 2 rings (SSSR count). The van der Waals surface area contributed by atoms with Crippen molar-refractivity contribution in [1.29, 1.82) is 0 Å². The van der Waals surface area contributed by atoms with Crippen LogP contribution in [-0.2, 0) is 4.79 Å². The summed E-state index contributed by atoms with van der Waals surface area (Å²) < 4.78 is 5.60. The van der Waals surface area contributed by atoms with Gasteiger partial charge in [-0.1, -0.05) is 62.2 Å². The molecular weight excluding hydrogens is 312 g/mol. The van der Waals surface area contributed by atoms with Crippen LogP contribution in [0, 0.1) is 0 Å². The number of anilines is 1. The monoisotopic (exact) mass is 340 g/mol. The van der Waals surface area contributed by atoms with Gasteiger partial charge < -0.3 is 15.4 Å². The summed E-state index contributed by atoms with van der Waals surface area (Å²) in [5.74, 6) is 0.617. The summed E-state index contributed by atoms with van der Waals surface area (Å²) in [4.78, 5) is 12.9. The van der Waals surface area contributed by atoms with E-state index >= 15 is 0 Å². The van der Waals surface area contributed by atoms with Gasteiger partial charge in [-0.25, -0.2) is 0 Å². The highest BCUT2D eigenvalue weighted by Gasteiger charge is 2.20. The van der Waals surface area contributed by atoms with E-state index in [1.807, 2.05) is 61.5 Å². The predicted octanol–water partition coefficient (Wildman–Crippen LogP) is 4.54. The fourth-order valence-corrected chi connectivity index (χ4v) is 2.68. The summed E-state index contributed by atoms with van der Waals surface area (Å²) in [6, 6.07) is 17.0. The Hall–Kier alpha value is -2.33. The average Bonchev–Trinajstić information content (AvgIpc) is 2.64. The minimum Gasteiger partial charge on any atom is -0.492 e. The lowest BCUT2D eigenvalue weighted by atomic mass is 10.1. The number of carbonyl (C=O) groups excluding carboxylic acids is 1. The van der Waals surface area contributed by atoms with Crippen molar-refractivity contribution in [2.24, 2.45) is 0 Å². The summed E-state index contributed by atoms with van der Waals surface area (Å²) in [7, 11) is 0. The molecule has 4 heteroatoms. The lowest BCUT2D eigenvalue weighted by Gasteiger charge is -2.20. The highest BCUT2D eigenvalue weighted by molar-refractivity contribution is 5.96. The third-order valence-electron chi connectivity index (χ3n) is 3.97. The van der Waals surface area contributed by atoms with Crippen LogP contribution >= 0.6 is 0 Å². The molecule has 0 heterocycles. The third kappa shape index (κ3) is 5.91. The Morgan fingerprint density at radius 2 is 1.72 bits per heavy atom. The molecule has 1 atom stereocenters. The van der Waals surface area contributed by atoms with Crippen LogP contribution < -0.4 is 15.4 Å². The fraction of sp³-hybridized carbons (Fsp3) is 0.381. The van der Waals surface area contributed by atoms with Crippen LogP contribution in [0.5, 0.6) is 5.75 Å². The van der Waals surface area contributed by atoms with Gasteiger partial charge in [0.2, 0.25) is 5.91 Å². The lowest BCUT2D eigenvalue weighted by molar-refractivity contribution is -0.118. The fourth-order valence-electron chi connectivity index (χ4n) is 2.68. The SMILES string of the molecule is CCCCCN[C@H](C(=O)Nc1ccccc1OCC)c1ccccc1. The van der Waals surface area contributed by atoms with Crippen molar-refractivity contribution in [3.8, 4) is 5.75 Å². The Morgan fingerprint density at radius 3 is 2.44 bits per heavy atom. The van der Waals surface area contributed by atoms with Crippen molar-refractivity contribution in [2.75, 3.05) is 18.5 Å². The first kappa shape index (κ1) is 19.0. The van der Waals surface area contributed by atoms with Crippen LogP contribution in [-0.4, -0.2) is 19.1 Å². The van der Waals surface area contributed by atoms with E-state index in [1.165, 1.54) is 0 Å². The molecule has 0 aliphatic carbocycles. The van der Waals surface area contributed by atoms with Gasteiger partial charge in [0.05, 0.1) is 12.3 Å².